The minimum atomic E-state index is -0.252. The van der Waals surface area contributed by atoms with Gasteiger partial charge in [-0.3, -0.25) is 10.1 Å². The number of nitrogens with one attached hydrogen (secondary N) is 1. The molecule has 1 aromatic carbocycles. The average molecular weight is 374 g/mol. The van der Waals surface area contributed by atoms with Crippen LogP contribution in [0.1, 0.15) is 18.2 Å². The highest BCUT2D eigenvalue weighted by molar-refractivity contribution is 7.19. The SMILES string of the molecule is CCc1ccc(OCC(=O)Nc2nc(C)c(-c3csc(N)n3)s2)cc1. The fraction of sp³-hybridized carbons (Fsp3) is 0.235. The van der Waals surface area contributed by atoms with Gasteiger partial charge in [0.25, 0.3) is 5.91 Å². The van der Waals surface area contributed by atoms with E-state index >= 15 is 0 Å². The molecule has 1 amide bonds. The molecule has 0 spiro atoms. The van der Waals surface area contributed by atoms with E-state index in [9.17, 15) is 4.79 Å². The molecule has 3 N–H and O–H groups in total. The third kappa shape index (κ3) is 4.34. The maximum absolute atomic E-state index is 12.1. The lowest BCUT2D eigenvalue weighted by Gasteiger charge is -2.06. The molecule has 130 valence electrons. The lowest BCUT2D eigenvalue weighted by Crippen LogP contribution is -2.20. The van der Waals surface area contributed by atoms with Gasteiger partial charge in [-0.1, -0.05) is 30.4 Å². The molecule has 0 unspecified atom stereocenters. The van der Waals surface area contributed by atoms with E-state index in [1.165, 1.54) is 28.2 Å². The largest absolute Gasteiger partial charge is 0.484 e. The predicted octanol–water partition coefficient (Wildman–Crippen LogP) is 3.74. The Balaban J connectivity index is 1.59. The summed E-state index contributed by atoms with van der Waals surface area (Å²) in [5, 5.41) is 5.67. The number of amides is 1. The summed E-state index contributed by atoms with van der Waals surface area (Å²) in [6.07, 6.45) is 0.969. The number of aromatic nitrogens is 2. The molecule has 2 aromatic heterocycles. The third-order valence-corrected chi connectivity index (χ3v) is 5.27. The molecule has 3 aromatic rings. The Labute approximate surface area is 153 Å². The topological polar surface area (TPSA) is 90.1 Å². The average Bonchev–Trinajstić information content (AvgIpc) is 3.19. The molecule has 0 bridgehead atoms. The van der Waals surface area contributed by atoms with E-state index in [0.29, 0.717) is 16.0 Å². The van der Waals surface area contributed by atoms with Crippen molar-refractivity contribution in [2.45, 2.75) is 20.3 Å². The number of hydrogen-bond acceptors (Lipinski definition) is 7. The number of thiazole rings is 2. The maximum atomic E-state index is 12.1. The van der Waals surface area contributed by atoms with E-state index < -0.39 is 0 Å². The second kappa shape index (κ2) is 7.62. The molecule has 25 heavy (non-hydrogen) atoms. The maximum Gasteiger partial charge on any atom is 0.264 e. The molecule has 0 saturated heterocycles. The highest BCUT2D eigenvalue weighted by Gasteiger charge is 2.14. The van der Waals surface area contributed by atoms with Gasteiger partial charge < -0.3 is 10.5 Å². The molecule has 0 atom stereocenters. The first-order valence-corrected chi connectivity index (χ1v) is 9.45. The highest BCUT2D eigenvalue weighted by atomic mass is 32.1. The first kappa shape index (κ1) is 17.4. The Morgan fingerprint density at radius 3 is 2.68 bits per heavy atom. The van der Waals surface area contributed by atoms with Gasteiger partial charge in [0.1, 0.15) is 5.75 Å². The standard InChI is InChI=1S/C17H18N4O2S2/c1-3-11-4-6-12(7-5-11)23-8-14(22)21-17-19-10(2)15(25-17)13-9-24-16(18)20-13/h4-7,9H,3,8H2,1-2H3,(H2,18,20)(H,19,21,22). The van der Waals surface area contributed by atoms with Crippen molar-refractivity contribution in [1.82, 2.24) is 9.97 Å². The van der Waals surface area contributed by atoms with Crippen LogP contribution >= 0.6 is 22.7 Å². The number of nitrogens with zero attached hydrogens (tertiary/aromatic N) is 2. The van der Waals surface area contributed by atoms with Crippen molar-refractivity contribution >= 4 is 38.8 Å². The monoisotopic (exact) mass is 374 g/mol. The second-order valence-electron chi connectivity index (χ2n) is 5.34. The first-order valence-electron chi connectivity index (χ1n) is 7.75. The molecule has 0 aliphatic heterocycles. The molecule has 0 fully saturated rings. The van der Waals surface area contributed by atoms with Crippen molar-refractivity contribution in [1.29, 1.82) is 0 Å². The highest BCUT2D eigenvalue weighted by Crippen LogP contribution is 2.33. The van der Waals surface area contributed by atoms with Crippen LogP contribution in [0.4, 0.5) is 10.3 Å². The van der Waals surface area contributed by atoms with Crippen molar-refractivity contribution in [2.24, 2.45) is 0 Å². The second-order valence-corrected chi connectivity index (χ2v) is 7.23. The molecule has 2 heterocycles. The molecule has 0 radical (unpaired) electrons. The van der Waals surface area contributed by atoms with Crippen molar-refractivity contribution in [3.05, 3.63) is 40.9 Å². The lowest BCUT2D eigenvalue weighted by atomic mass is 10.2. The molecule has 8 heteroatoms. The van der Waals surface area contributed by atoms with Gasteiger partial charge in [-0.2, -0.15) is 0 Å². The molecule has 0 saturated carbocycles. The van der Waals surface area contributed by atoms with Crippen LogP contribution in [0.2, 0.25) is 0 Å². The van der Waals surface area contributed by atoms with Gasteiger partial charge in [-0.15, -0.1) is 11.3 Å². The summed E-state index contributed by atoms with van der Waals surface area (Å²) >= 11 is 2.75. The Kier molecular flexibility index (Phi) is 5.30. The fourth-order valence-corrected chi connectivity index (χ4v) is 3.78. The number of rotatable bonds is 6. The number of carbonyl (C=O) groups is 1. The number of benzene rings is 1. The van der Waals surface area contributed by atoms with Crippen molar-refractivity contribution in [3.63, 3.8) is 0 Å². The van der Waals surface area contributed by atoms with Crippen LogP contribution in [-0.2, 0) is 11.2 Å². The molecular weight excluding hydrogens is 356 g/mol. The summed E-state index contributed by atoms with van der Waals surface area (Å²) < 4.78 is 5.50. The summed E-state index contributed by atoms with van der Waals surface area (Å²) in [4.78, 5) is 21.6. The number of anilines is 2. The van der Waals surface area contributed by atoms with Gasteiger partial charge in [0.15, 0.2) is 16.9 Å². The zero-order chi connectivity index (χ0) is 17.8. The van der Waals surface area contributed by atoms with Crippen molar-refractivity contribution < 1.29 is 9.53 Å². The van der Waals surface area contributed by atoms with Crippen LogP contribution in [0, 0.1) is 6.92 Å². The van der Waals surface area contributed by atoms with Crippen LogP contribution in [0.25, 0.3) is 10.6 Å². The van der Waals surface area contributed by atoms with Gasteiger partial charge in [0, 0.05) is 5.38 Å². The van der Waals surface area contributed by atoms with Crippen molar-refractivity contribution in [3.8, 4) is 16.3 Å². The van der Waals surface area contributed by atoms with Gasteiger partial charge in [0.05, 0.1) is 16.3 Å². The van der Waals surface area contributed by atoms with Crippen molar-refractivity contribution in [2.75, 3.05) is 17.7 Å². The summed E-state index contributed by atoms with van der Waals surface area (Å²) in [5.41, 5.74) is 8.49. The van der Waals surface area contributed by atoms with Gasteiger partial charge >= 0.3 is 0 Å². The van der Waals surface area contributed by atoms with E-state index in [-0.39, 0.29) is 12.5 Å². The zero-order valence-corrected chi connectivity index (χ0v) is 15.5. The zero-order valence-electron chi connectivity index (χ0n) is 13.9. The molecule has 3 rings (SSSR count). The van der Waals surface area contributed by atoms with E-state index in [1.807, 2.05) is 36.6 Å². The van der Waals surface area contributed by atoms with Crippen LogP contribution in [-0.4, -0.2) is 22.5 Å². The predicted molar refractivity (Wildman–Crippen MR) is 102 cm³/mol. The smallest absolute Gasteiger partial charge is 0.264 e. The van der Waals surface area contributed by atoms with Crippen LogP contribution in [0.3, 0.4) is 0 Å². The summed E-state index contributed by atoms with van der Waals surface area (Å²) in [5.74, 6) is 0.416. The fourth-order valence-electron chi connectivity index (χ4n) is 2.21. The van der Waals surface area contributed by atoms with E-state index in [2.05, 4.69) is 22.2 Å². The molecule has 0 aliphatic carbocycles. The van der Waals surface area contributed by atoms with Gasteiger partial charge in [-0.05, 0) is 31.0 Å². The number of nitrogen functional groups attached to an aromatic ring is 1. The Hall–Kier alpha value is -2.45. The van der Waals surface area contributed by atoms with Crippen LogP contribution < -0.4 is 15.8 Å². The first-order chi connectivity index (χ1) is 12.0. The minimum absolute atomic E-state index is 0.0664. The van der Waals surface area contributed by atoms with E-state index in [0.717, 1.165) is 22.7 Å². The Morgan fingerprint density at radius 1 is 1.28 bits per heavy atom. The van der Waals surface area contributed by atoms with Crippen LogP contribution in [0.5, 0.6) is 5.75 Å². The number of carbonyl (C=O) groups excluding carboxylic acids is 1. The third-order valence-electron chi connectivity index (χ3n) is 3.50. The summed E-state index contributed by atoms with van der Waals surface area (Å²) in [6.45, 7) is 3.90. The minimum Gasteiger partial charge on any atom is -0.484 e. The van der Waals surface area contributed by atoms with E-state index in [4.69, 9.17) is 10.5 Å². The van der Waals surface area contributed by atoms with Gasteiger partial charge in [0.2, 0.25) is 0 Å². The lowest BCUT2D eigenvalue weighted by molar-refractivity contribution is -0.118. The number of nitrogens with two attached hydrogens (primary N) is 1. The number of hydrogen-bond donors (Lipinski definition) is 2. The molecular formula is C17H18N4O2S2. The molecule has 6 nitrogen and oxygen atoms in total. The summed E-state index contributed by atoms with van der Waals surface area (Å²) in [7, 11) is 0. The van der Waals surface area contributed by atoms with Crippen LogP contribution in [0.15, 0.2) is 29.6 Å². The Bertz CT molecular complexity index is 871. The summed E-state index contributed by atoms with van der Waals surface area (Å²) in [6, 6.07) is 7.71. The Morgan fingerprint density at radius 2 is 2.04 bits per heavy atom. The van der Waals surface area contributed by atoms with Gasteiger partial charge in [-0.25, -0.2) is 9.97 Å². The quantitative estimate of drug-likeness (QED) is 0.686. The molecule has 0 aliphatic rings. The van der Waals surface area contributed by atoms with E-state index in [1.54, 1.807) is 0 Å². The number of ether oxygens (including phenoxy) is 1. The normalized spacial score (nSPS) is 10.6. The number of aryl methyl sites for hydroxylation is 2.